The molecular weight excluding hydrogens is 506 g/mol. The first-order chi connectivity index (χ1) is 19.3. The second-order valence-electron chi connectivity index (χ2n) is 11.7. The number of hydrogen-bond acceptors (Lipinski definition) is 3. The Labute approximate surface area is 245 Å². The predicted molar refractivity (Wildman–Crippen MR) is 164 cm³/mol. The average molecular weight is 569 g/mol. The fraction of sp³-hybridized carbons (Fsp3) is 0.848. The molecule has 0 saturated heterocycles. The maximum absolute atomic E-state index is 11.0. The minimum absolute atomic E-state index is 0.174. The number of carbonyl (C=O) groups is 3. The summed E-state index contributed by atoms with van der Waals surface area (Å²) >= 11 is 0. The number of carboxylic acids is 3. The third-order valence-electron chi connectivity index (χ3n) is 7.96. The standard InChI is InChI=1S/C33H61NO6/c1-2-3-4-5-6-7-8-9-10-11-12-13-14-15-16-20-27-34(28-21-17-24-31(35)36,29-22-18-25-32(37)38)30-23-19-26-33(39)40/h7-8H,2-6,9-30H2,1H3,(H2-,35,36,37,38,39,40)/p+1/b8-7+. The number of aliphatic carboxylic acids is 3. The Bertz CT molecular complexity index is 608. The Balaban J connectivity index is 4.45. The zero-order chi connectivity index (χ0) is 29.7. The summed E-state index contributed by atoms with van der Waals surface area (Å²) in [5.41, 5.74) is 0. The molecule has 0 heterocycles. The lowest BCUT2D eigenvalue weighted by Crippen LogP contribution is -2.51. The van der Waals surface area contributed by atoms with E-state index in [-0.39, 0.29) is 19.3 Å². The number of allylic oxidation sites excluding steroid dienone is 2. The predicted octanol–water partition coefficient (Wildman–Crippen LogP) is 8.61. The smallest absolute Gasteiger partial charge is 0.303 e. The number of hydrogen-bond donors (Lipinski definition) is 3. The zero-order valence-corrected chi connectivity index (χ0v) is 25.8. The van der Waals surface area contributed by atoms with Crippen molar-refractivity contribution in [2.75, 3.05) is 26.2 Å². The molecule has 0 saturated carbocycles. The van der Waals surface area contributed by atoms with Crippen LogP contribution in [0.2, 0.25) is 0 Å². The van der Waals surface area contributed by atoms with Gasteiger partial charge in [-0.3, -0.25) is 14.4 Å². The maximum atomic E-state index is 11.0. The van der Waals surface area contributed by atoms with Gasteiger partial charge >= 0.3 is 17.9 Å². The first-order valence-electron chi connectivity index (χ1n) is 16.5. The van der Waals surface area contributed by atoms with Crippen LogP contribution in [0.1, 0.15) is 155 Å². The molecule has 0 bridgehead atoms. The Morgan fingerprint density at radius 3 is 1.10 bits per heavy atom. The second-order valence-corrected chi connectivity index (χ2v) is 11.7. The summed E-state index contributed by atoms with van der Waals surface area (Å²) in [6.07, 6.45) is 27.4. The van der Waals surface area contributed by atoms with E-state index in [2.05, 4.69) is 19.1 Å². The molecule has 0 atom stereocenters. The van der Waals surface area contributed by atoms with Crippen molar-refractivity contribution in [1.29, 1.82) is 0 Å². The van der Waals surface area contributed by atoms with E-state index < -0.39 is 17.9 Å². The third-order valence-corrected chi connectivity index (χ3v) is 7.96. The van der Waals surface area contributed by atoms with Crippen molar-refractivity contribution in [3.63, 3.8) is 0 Å². The van der Waals surface area contributed by atoms with Crippen LogP contribution in [0, 0.1) is 0 Å². The zero-order valence-electron chi connectivity index (χ0n) is 25.8. The minimum Gasteiger partial charge on any atom is -0.481 e. The van der Waals surface area contributed by atoms with Gasteiger partial charge in [-0.15, -0.1) is 0 Å². The molecule has 0 aromatic rings. The average Bonchev–Trinajstić information content (AvgIpc) is 2.91. The largest absolute Gasteiger partial charge is 0.481 e. The lowest BCUT2D eigenvalue weighted by molar-refractivity contribution is -0.929. The lowest BCUT2D eigenvalue weighted by Gasteiger charge is -2.39. The molecule has 0 aliphatic heterocycles. The van der Waals surface area contributed by atoms with Crippen LogP contribution < -0.4 is 0 Å². The highest BCUT2D eigenvalue weighted by Gasteiger charge is 2.26. The molecule has 0 aliphatic rings. The van der Waals surface area contributed by atoms with E-state index in [1.807, 2.05) is 0 Å². The van der Waals surface area contributed by atoms with Gasteiger partial charge in [0.15, 0.2) is 0 Å². The fourth-order valence-corrected chi connectivity index (χ4v) is 5.54. The van der Waals surface area contributed by atoms with E-state index in [0.29, 0.717) is 19.3 Å². The van der Waals surface area contributed by atoms with Gasteiger partial charge in [0.25, 0.3) is 0 Å². The molecule has 0 radical (unpaired) electrons. The molecule has 0 aromatic heterocycles. The van der Waals surface area contributed by atoms with Crippen molar-refractivity contribution in [3.8, 4) is 0 Å². The molecule has 0 aromatic carbocycles. The normalized spacial score (nSPS) is 11.8. The van der Waals surface area contributed by atoms with Gasteiger partial charge < -0.3 is 19.8 Å². The molecule has 0 unspecified atom stereocenters. The number of rotatable bonds is 31. The summed E-state index contributed by atoms with van der Waals surface area (Å²) in [6.45, 7) is 5.93. The molecule has 7 heteroatoms. The Kier molecular flexibility index (Phi) is 26.0. The summed E-state index contributed by atoms with van der Waals surface area (Å²) in [5, 5.41) is 27.1. The molecule has 0 rings (SSSR count). The van der Waals surface area contributed by atoms with Gasteiger partial charge in [-0.25, -0.2) is 0 Å². The number of unbranched alkanes of at least 4 members (excludes halogenated alkanes) is 15. The third kappa shape index (κ3) is 26.3. The van der Waals surface area contributed by atoms with E-state index in [1.54, 1.807) is 0 Å². The number of carboxylic acid groups (broad SMARTS) is 3. The van der Waals surface area contributed by atoms with E-state index >= 15 is 0 Å². The van der Waals surface area contributed by atoms with Gasteiger partial charge in [-0.05, 0) is 77.0 Å². The van der Waals surface area contributed by atoms with Crippen LogP contribution in [0.25, 0.3) is 0 Å². The monoisotopic (exact) mass is 568 g/mol. The highest BCUT2D eigenvalue weighted by Crippen LogP contribution is 2.19. The van der Waals surface area contributed by atoms with E-state index in [1.165, 1.54) is 83.5 Å². The quantitative estimate of drug-likeness (QED) is 0.0438. The van der Waals surface area contributed by atoms with Crippen molar-refractivity contribution in [2.45, 2.75) is 155 Å². The summed E-state index contributed by atoms with van der Waals surface area (Å²) in [4.78, 5) is 33.0. The van der Waals surface area contributed by atoms with Crippen LogP contribution in [-0.4, -0.2) is 63.9 Å². The summed E-state index contributed by atoms with van der Waals surface area (Å²) in [7, 11) is 0. The highest BCUT2D eigenvalue weighted by atomic mass is 16.4. The first-order valence-corrected chi connectivity index (χ1v) is 16.5. The Hall–Kier alpha value is -1.89. The second kappa shape index (κ2) is 27.3. The van der Waals surface area contributed by atoms with E-state index in [4.69, 9.17) is 15.3 Å². The van der Waals surface area contributed by atoms with E-state index in [9.17, 15) is 14.4 Å². The van der Waals surface area contributed by atoms with Gasteiger partial charge in [0.05, 0.1) is 26.2 Å². The van der Waals surface area contributed by atoms with Crippen molar-refractivity contribution in [3.05, 3.63) is 12.2 Å². The van der Waals surface area contributed by atoms with Crippen molar-refractivity contribution < 1.29 is 34.2 Å². The van der Waals surface area contributed by atoms with Crippen LogP contribution in [0.3, 0.4) is 0 Å². The van der Waals surface area contributed by atoms with Gasteiger partial charge in [0, 0.05) is 19.3 Å². The SMILES string of the molecule is CCCCCC/C=C/CCCCCCCCCC[N+](CCCCC(=O)O)(CCCCC(=O)O)CCCCC(=O)O. The molecule has 3 N–H and O–H groups in total. The summed E-state index contributed by atoms with van der Waals surface area (Å²) in [5.74, 6) is -2.30. The summed E-state index contributed by atoms with van der Waals surface area (Å²) in [6, 6.07) is 0. The maximum Gasteiger partial charge on any atom is 0.303 e. The molecular formula is C33H62NO6+. The van der Waals surface area contributed by atoms with Crippen molar-refractivity contribution >= 4 is 17.9 Å². The van der Waals surface area contributed by atoms with Crippen LogP contribution >= 0.6 is 0 Å². The van der Waals surface area contributed by atoms with E-state index in [0.717, 1.165) is 56.3 Å². The number of nitrogens with zero attached hydrogens (tertiary/aromatic N) is 1. The topological polar surface area (TPSA) is 112 Å². The van der Waals surface area contributed by atoms with Crippen LogP contribution in [-0.2, 0) is 14.4 Å². The van der Waals surface area contributed by atoms with Gasteiger partial charge in [0.1, 0.15) is 0 Å². The van der Waals surface area contributed by atoms with Crippen LogP contribution in [0.4, 0.5) is 0 Å². The number of quaternary nitrogens is 1. The fourth-order valence-electron chi connectivity index (χ4n) is 5.54. The lowest BCUT2D eigenvalue weighted by atomic mass is 10.0. The van der Waals surface area contributed by atoms with Gasteiger partial charge in [0.2, 0.25) is 0 Å². The molecule has 234 valence electrons. The molecule has 0 amide bonds. The van der Waals surface area contributed by atoms with Crippen molar-refractivity contribution in [2.24, 2.45) is 0 Å². The Morgan fingerprint density at radius 2 is 0.750 bits per heavy atom. The van der Waals surface area contributed by atoms with Gasteiger partial charge in [-0.1, -0.05) is 70.4 Å². The molecule has 0 aliphatic carbocycles. The first kappa shape index (κ1) is 38.1. The summed E-state index contributed by atoms with van der Waals surface area (Å²) < 4.78 is 0.866. The molecule has 0 spiro atoms. The van der Waals surface area contributed by atoms with Crippen LogP contribution in [0.5, 0.6) is 0 Å². The van der Waals surface area contributed by atoms with Crippen LogP contribution in [0.15, 0.2) is 12.2 Å². The Morgan fingerprint density at radius 1 is 0.450 bits per heavy atom. The highest BCUT2D eigenvalue weighted by molar-refractivity contribution is 5.67. The van der Waals surface area contributed by atoms with Crippen molar-refractivity contribution in [1.82, 2.24) is 0 Å². The molecule has 7 nitrogen and oxygen atoms in total. The molecule has 40 heavy (non-hydrogen) atoms. The van der Waals surface area contributed by atoms with Gasteiger partial charge in [-0.2, -0.15) is 0 Å². The minimum atomic E-state index is -0.768. The molecule has 0 fully saturated rings.